The first-order chi connectivity index (χ1) is 16.8. The fourth-order valence-electron chi connectivity index (χ4n) is 3.67. The number of fused-ring (bicyclic) bond motifs is 2. The molecule has 0 bridgehead atoms. The Morgan fingerprint density at radius 1 is 1.09 bits per heavy atom. The van der Waals surface area contributed by atoms with E-state index in [2.05, 4.69) is 14.7 Å². The fraction of sp³-hybridized carbons (Fsp3) is 0.261. The van der Waals surface area contributed by atoms with Crippen molar-refractivity contribution in [3.63, 3.8) is 0 Å². The molecule has 0 aliphatic carbocycles. The molecule has 0 atom stereocenters. The Morgan fingerprint density at radius 2 is 1.74 bits per heavy atom. The van der Waals surface area contributed by atoms with Gasteiger partial charge in [0.2, 0.25) is 0 Å². The summed E-state index contributed by atoms with van der Waals surface area (Å²) in [7, 11) is -4.23. The molecule has 0 radical (unpaired) electrons. The molecule has 12 heteroatoms. The quantitative estimate of drug-likeness (QED) is 0.205. The van der Waals surface area contributed by atoms with E-state index < -0.39 is 20.9 Å². The second-order valence-corrected chi connectivity index (χ2v) is 9.37. The van der Waals surface area contributed by atoms with Gasteiger partial charge in [0, 0.05) is 18.7 Å². The highest BCUT2D eigenvalue weighted by Crippen LogP contribution is 2.33. The van der Waals surface area contributed by atoms with Crippen molar-refractivity contribution >= 4 is 49.7 Å². The van der Waals surface area contributed by atoms with Crippen LogP contribution in [0.2, 0.25) is 0 Å². The van der Waals surface area contributed by atoms with Crippen LogP contribution in [-0.4, -0.2) is 40.5 Å². The molecule has 0 amide bonds. The summed E-state index contributed by atoms with van der Waals surface area (Å²) in [4.78, 5) is 32.4. The Labute approximate surface area is 201 Å². The van der Waals surface area contributed by atoms with Gasteiger partial charge in [0.25, 0.3) is 15.7 Å². The summed E-state index contributed by atoms with van der Waals surface area (Å²) < 4.78 is 35.9. The molecular weight excluding hydrogens is 474 g/mol. The Bertz CT molecular complexity index is 1530. The van der Waals surface area contributed by atoms with E-state index in [9.17, 15) is 23.3 Å². The van der Waals surface area contributed by atoms with Crippen molar-refractivity contribution in [2.24, 2.45) is 0 Å². The molecule has 4 rings (SSSR count). The number of non-ortho nitro benzene ring substituents is 1. The number of benzene rings is 2. The van der Waals surface area contributed by atoms with Gasteiger partial charge >= 0.3 is 5.97 Å². The van der Waals surface area contributed by atoms with Crippen LogP contribution in [0, 0.1) is 10.1 Å². The summed E-state index contributed by atoms with van der Waals surface area (Å²) in [5.74, 6) is -0.751. The number of aromatic nitrogens is 3. The highest BCUT2D eigenvalue weighted by atomic mass is 32.2. The highest BCUT2D eigenvalue weighted by molar-refractivity contribution is 7.92. The van der Waals surface area contributed by atoms with Gasteiger partial charge in [-0.2, -0.15) is 0 Å². The molecule has 0 aliphatic heterocycles. The lowest BCUT2D eigenvalue weighted by Crippen LogP contribution is -2.19. The minimum Gasteiger partial charge on any atom is -0.462 e. The number of rotatable bonds is 9. The monoisotopic (exact) mass is 497 g/mol. The number of nitrogens with one attached hydrogen (secondary N) is 1. The van der Waals surface area contributed by atoms with Crippen LogP contribution in [0.25, 0.3) is 22.2 Å². The topological polar surface area (TPSA) is 146 Å². The molecule has 0 saturated carbocycles. The lowest BCUT2D eigenvalue weighted by atomic mass is 10.2. The van der Waals surface area contributed by atoms with Crippen molar-refractivity contribution in [1.29, 1.82) is 0 Å². The highest BCUT2D eigenvalue weighted by Gasteiger charge is 2.30. The smallest absolute Gasteiger partial charge is 0.344 e. The zero-order valence-corrected chi connectivity index (χ0v) is 19.9. The number of carbonyl (C=O) groups excluding carboxylic acids is 1. The maximum Gasteiger partial charge on any atom is 0.344 e. The largest absolute Gasteiger partial charge is 0.462 e. The first kappa shape index (κ1) is 24.1. The average molecular weight is 498 g/mol. The Hall–Kier alpha value is -4.06. The number of sulfonamides is 1. The number of nitrogens with zero attached hydrogens (tertiary/aromatic N) is 4. The van der Waals surface area contributed by atoms with Gasteiger partial charge in [-0.05, 0) is 37.6 Å². The van der Waals surface area contributed by atoms with Crippen molar-refractivity contribution in [3.05, 3.63) is 64.2 Å². The van der Waals surface area contributed by atoms with Gasteiger partial charge in [-0.25, -0.2) is 23.2 Å². The molecule has 0 aliphatic rings. The third-order valence-corrected chi connectivity index (χ3v) is 6.71. The molecule has 0 spiro atoms. The van der Waals surface area contributed by atoms with E-state index in [1.807, 2.05) is 13.0 Å². The second-order valence-electron chi connectivity index (χ2n) is 7.69. The van der Waals surface area contributed by atoms with Gasteiger partial charge in [-0.15, -0.1) is 0 Å². The minimum absolute atomic E-state index is 0.0134. The maximum atomic E-state index is 13.3. The van der Waals surface area contributed by atoms with E-state index in [0.29, 0.717) is 29.6 Å². The predicted molar refractivity (Wildman–Crippen MR) is 130 cm³/mol. The van der Waals surface area contributed by atoms with Crippen LogP contribution in [0.3, 0.4) is 0 Å². The standard InChI is InChI=1S/C23H23N5O6S/c1-3-5-14-27-21(26-35(32,33)16-12-10-15(11-13-16)28(30)31)19(23(29)34-4-2)20-22(27)25-18-9-7-6-8-17(18)24-20/h6-13,26H,3-5,14H2,1-2H3. The van der Waals surface area contributed by atoms with Crippen LogP contribution in [0.15, 0.2) is 53.4 Å². The molecule has 35 heavy (non-hydrogen) atoms. The van der Waals surface area contributed by atoms with Crippen molar-refractivity contribution < 1.29 is 22.9 Å². The molecule has 0 saturated heterocycles. The molecule has 0 fully saturated rings. The molecule has 0 unspecified atom stereocenters. The first-order valence-corrected chi connectivity index (χ1v) is 12.5. The normalized spacial score (nSPS) is 11.6. The van der Waals surface area contributed by atoms with Gasteiger partial charge in [0.05, 0.1) is 27.5 Å². The number of esters is 1. The minimum atomic E-state index is -4.23. The molecule has 182 valence electrons. The van der Waals surface area contributed by atoms with Gasteiger partial charge in [-0.1, -0.05) is 25.5 Å². The summed E-state index contributed by atoms with van der Waals surface area (Å²) in [5, 5.41) is 10.9. The third kappa shape index (κ3) is 4.64. The number of para-hydroxylation sites is 2. The molecule has 11 nitrogen and oxygen atoms in total. The van der Waals surface area contributed by atoms with Crippen molar-refractivity contribution in [2.75, 3.05) is 11.3 Å². The number of hydrogen-bond donors (Lipinski definition) is 1. The number of anilines is 1. The van der Waals surface area contributed by atoms with Crippen LogP contribution in [0.5, 0.6) is 0 Å². The average Bonchev–Trinajstić information content (AvgIpc) is 3.12. The van der Waals surface area contributed by atoms with E-state index in [1.54, 1.807) is 29.7 Å². The summed E-state index contributed by atoms with van der Waals surface area (Å²) in [6.45, 7) is 4.09. The van der Waals surface area contributed by atoms with Crippen LogP contribution in [0.1, 0.15) is 37.0 Å². The lowest BCUT2D eigenvalue weighted by molar-refractivity contribution is -0.384. The maximum absolute atomic E-state index is 13.3. The number of nitro groups is 1. The second kappa shape index (κ2) is 9.66. The summed E-state index contributed by atoms with van der Waals surface area (Å²) in [6.07, 6.45) is 1.50. The number of carbonyl (C=O) groups is 1. The van der Waals surface area contributed by atoms with E-state index in [0.717, 1.165) is 30.7 Å². The van der Waals surface area contributed by atoms with Crippen molar-refractivity contribution in [2.45, 2.75) is 38.1 Å². The van der Waals surface area contributed by atoms with Crippen LogP contribution in [0.4, 0.5) is 11.5 Å². The van der Waals surface area contributed by atoms with Gasteiger partial charge in [-0.3, -0.25) is 14.8 Å². The summed E-state index contributed by atoms with van der Waals surface area (Å²) in [6, 6.07) is 11.6. The Balaban J connectivity index is 1.94. The van der Waals surface area contributed by atoms with Crippen LogP contribution < -0.4 is 4.72 Å². The SMILES string of the molecule is CCCCn1c(NS(=O)(=O)c2ccc([N+](=O)[O-])cc2)c(C(=O)OCC)c2nc3ccccc3nc21. The van der Waals surface area contributed by atoms with Gasteiger partial charge < -0.3 is 9.30 Å². The van der Waals surface area contributed by atoms with E-state index in [-0.39, 0.29) is 34.1 Å². The van der Waals surface area contributed by atoms with E-state index in [4.69, 9.17) is 4.74 Å². The van der Waals surface area contributed by atoms with Crippen LogP contribution in [-0.2, 0) is 21.3 Å². The first-order valence-electron chi connectivity index (χ1n) is 11.0. The molecule has 2 heterocycles. The van der Waals surface area contributed by atoms with Crippen molar-refractivity contribution in [1.82, 2.24) is 14.5 Å². The van der Waals surface area contributed by atoms with E-state index in [1.165, 1.54) is 0 Å². The number of nitro benzene ring substituents is 1. The summed E-state index contributed by atoms with van der Waals surface area (Å²) in [5.41, 5.74) is 1.43. The third-order valence-electron chi connectivity index (χ3n) is 5.36. The van der Waals surface area contributed by atoms with Gasteiger partial charge in [0.1, 0.15) is 16.9 Å². The zero-order valence-electron chi connectivity index (χ0n) is 19.1. The molecule has 1 N–H and O–H groups in total. The van der Waals surface area contributed by atoms with Crippen molar-refractivity contribution in [3.8, 4) is 0 Å². The molecular formula is C23H23N5O6S. The zero-order chi connectivity index (χ0) is 25.2. The summed E-state index contributed by atoms with van der Waals surface area (Å²) >= 11 is 0. The Morgan fingerprint density at radius 3 is 2.34 bits per heavy atom. The van der Waals surface area contributed by atoms with Crippen LogP contribution >= 0.6 is 0 Å². The number of ether oxygens (including phenoxy) is 1. The molecule has 4 aromatic rings. The fourth-order valence-corrected chi connectivity index (χ4v) is 4.75. The number of aryl methyl sites for hydroxylation is 1. The lowest BCUT2D eigenvalue weighted by Gasteiger charge is -2.14. The predicted octanol–water partition coefficient (Wildman–Crippen LogP) is 4.27. The number of hydrogen-bond acceptors (Lipinski definition) is 8. The Kier molecular flexibility index (Phi) is 6.65. The number of unbranched alkanes of at least 4 members (excludes halogenated alkanes) is 1. The van der Waals surface area contributed by atoms with Gasteiger partial charge in [0.15, 0.2) is 5.65 Å². The van der Waals surface area contributed by atoms with E-state index >= 15 is 0 Å². The molecule has 2 aromatic heterocycles. The molecule has 2 aromatic carbocycles.